The van der Waals surface area contributed by atoms with Crippen LogP contribution in [0.3, 0.4) is 0 Å². The van der Waals surface area contributed by atoms with Gasteiger partial charge in [-0.15, -0.1) is 0 Å². The van der Waals surface area contributed by atoms with Gasteiger partial charge in [0.15, 0.2) is 5.82 Å². The van der Waals surface area contributed by atoms with Gasteiger partial charge in [0, 0.05) is 37.1 Å². The van der Waals surface area contributed by atoms with Gasteiger partial charge in [0.05, 0.1) is 0 Å². The Morgan fingerprint density at radius 2 is 2.00 bits per heavy atom. The van der Waals surface area contributed by atoms with Crippen LogP contribution in [0.1, 0.15) is 6.92 Å². The standard InChI is InChI=1S/C16H18FN5/c1-2-21-5-7-22(8-6-21)16-15-14(18-10-19-16)12-9-11(17)3-4-13(12)20-15/h3-4,9-10,20H,2,5-8H2,1H3. The van der Waals surface area contributed by atoms with Crippen molar-refractivity contribution in [2.75, 3.05) is 37.6 Å². The largest absolute Gasteiger partial charge is 0.352 e. The molecule has 5 nitrogen and oxygen atoms in total. The molecule has 0 radical (unpaired) electrons. The van der Waals surface area contributed by atoms with Gasteiger partial charge in [0.25, 0.3) is 0 Å². The second-order valence-corrected chi connectivity index (χ2v) is 5.66. The van der Waals surface area contributed by atoms with Crippen molar-refractivity contribution in [3.8, 4) is 0 Å². The fourth-order valence-electron chi connectivity index (χ4n) is 3.17. The number of hydrogen-bond acceptors (Lipinski definition) is 4. The molecule has 1 fully saturated rings. The predicted octanol–water partition coefficient (Wildman–Crippen LogP) is 2.39. The first-order chi connectivity index (χ1) is 10.8. The molecule has 4 rings (SSSR count). The SMILES string of the molecule is CCN1CCN(c2ncnc3c2[nH]c2ccc(F)cc23)CC1. The Bertz CT molecular complexity index is 820. The van der Waals surface area contributed by atoms with Crippen molar-refractivity contribution in [3.63, 3.8) is 0 Å². The number of piperazine rings is 1. The fraction of sp³-hybridized carbons (Fsp3) is 0.375. The van der Waals surface area contributed by atoms with Crippen molar-refractivity contribution in [2.24, 2.45) is 0 Å². The summed E-state index contributed by atoms with van der Waals surface area (Å²) in [6.45, 7) is 7.24. The molecule has 0 saturated carbocycles. The molecule has 6 heteroatoms. The molecule has 0 spiro atoms. The molecular weight excluding hydrogens is 281 g/mol. The summed E-state index contributed by atoms with van der Waals surface area (Å²) in [7, 11) is 0. The van der Waals surface area contributed by atoms with Crippen LogP contribution in [0.2, 0.25) is 0 Å². The monoisotopic (exact) mass is 299 g/mol. The van der Waals surface area contributed by atoms with E-state index in [0.29, 0.717) is 0 Å². The highest BCUT2D eigenvalue weighted by molar-refractivity contribution is 6.08. The van der Waals surface area contributed by atoms with Crippen molar-refractivity contribution in [2.45, 2.75) is 6.92 Å². The van der Waals surface area contributed by atoms with Crippen molar-refractivity contribution < 1.29 is 4.39 Å². The third kappa shape index (κ3) is 2.11. The lowest BCUT2D eigenvalue weighted by Crippen LogP contribution is -2.46. The summed E-state index contributed by atoms with van der Waals surface area (Å²) in [6.07, 6.45) is 1.57. The Morgan fingerprint density at radius 1 is 1.18 bits per heavy atom. The first kappa shape index (κ1) is 13.5. The number of hydrogen-bond donors (Lipinski definition) is 1. The van der Waals surface area contributed by atoms with Crippen LogP contribution in [-0.2, 0) is 0 Å². The van der Waals surface area contributed by atoms with E-state index in [1.807, 2.05) is 0 Å². The lowest BCUT2D eigenvalue weighted by molar-refractivity contribution is 0.270. The van der Waals surface area contributed by atoms with Crippen LogP contribution in [-0.4, -0.2) is 52.6 Å². The Kier molecular flexibility index (Phi) is 3.18. The summed E-state index contributed by atoms with van der Waals surface area (Å²) in [5, 5.41) is 0.811. The highest BCUT2D eigenvalue weighted by atomic mass is 19.1. The van der Waals surface area contributed by atoms with Crippen molar-refractivity contribution in [1.82, 2.24) is 19.9 Å². The summed E-state index contributed by atoms with van der Waals surface area (Å²) in [5.74, 6) is 0.669. The van der Waals surface area contributed by atoms with Gasteiger partial charge in [-0.2, -0.15) is 0 Å². The molecule has 114 valence electrons. The quantitative estimate of drug-likeness (QED) is 0.789. The average molecular weight is 299 g/mol. The zero-order chi connectivity index (χ0) is 15.1. The van der Waals surface area contributed by atoms with Crippen LogP contribution in [0.5, 0.6) is 0 Å². The first-order valence-corrected chi connectivity index (χ1v) is 7.65. The summed E-state index contributed by atoms with van der Waals surface area (Å²) >= 11 is 0. The van der Waals surface area contributed by atoms with E-state index in [-0.39, 0.29) is 5.82 Å². The molecule has 2 aromatic heterocycles. The van der Waals surface area contributed by atoms with E-state index in [4.69, 9.17) is 0 Å². The van der Waals surface area contributed by atoms with E-state index in [2.05, 4.69) is 31.7 Å². The van der Waals surface area contributed by atoms with Gasteiger partial charge in [-0.3, -0.25) is 0 Å². The summed E-state index contributed by atoms with van der Waals surface area (Å²) in [6, 6.07) is 4.75. The molecule has 1 N–H and O–H groups in total. The average Bonchev–Trinajstić information content (AvgIpc) is 2.93. The molecule has 3 aromatic rings. The molecule has 0 bridgehead atoms. The normalized spacial score (nSPS) is 16.7. The molecule has 0 aliphatic carbocycles. The van der Waals surface area contributed by atoms with Crippen molar-refractivity contribution in [3.05, 3.63) is 30.3 Å². The minimum absolute atomic E-state index is 0.245. The van der Waals surface area contributed by atoms with Crippen LogP contribution < -0.4 is 4.90 Å². The van der Waals surface area contributed by atoms with E-state index in [0.717, 1.165) is 60.5 Å². The molecular formula is C16H18FN5. The summed E-state index contributed by atoms with van der Waals surface area (Å²) < 4.78 is 13.5. The maximum absolute atomic E-state index is 13.5. The van der Waals surface area contributed by atoms with Crippen LogP contribution >= 0.6 is 0 Å². The van der Waals surface area contributed by atoms with E-state index in [9.17, 15) is 4.39 Å². The number of nitrogens with one attached hydrogen (secondary N) is 1. The Labute approximate surface area is 127 Å². The second kappa shape index (κ2) is 5.21. The Hall–Kier alpha value is -2.21. The number of rotatable bonds is 2. The molecule has 22 heavy (non-hydrogen) atoms. The van der Waals surface area contributed by atoms with Crippen LogP contribution in [0.25, 0.3) is 21.9 Å². The van der Waals surface area contributed by atoms with Crippen molar-refractivity contribution in [1.29, 1.82) is 0 Å². The molecule has 0 amide bonds. The van der Waals surface area contributed by atoms with E-state index >= 15 is 0 Å². The minimum atomic E-state index is -0.245. The first-order valence-electron chi connectivity index (χ1n) is 7.65. The fourth-order valence-corrected chi connectivity index (χ4v) is 3.17. The molecule has 1 aliphatic rings. The van der Waals surface area contributed by atoms with Gasteiger partial charge in [0.2, 0.25) is 0 Å². The highest BCUT2D eigenvalue weighted by Crippen LogP contribution is 2.29. The van der Waals surface area contributed by atoms with Gasteiger partial charge >= 0.3 is 0 Å². The third-order valence-electron chi connectivity index (χ3n) is 4.44. The summed E-state index contributed by atoms with van der Waals surface area (Å²) in [4.78, 5) is 16.9. The van der Waals surface area contributed by atoms with Gasteiger partial charge in [-0.25, -0.2) is 14.4 Å². The van der Waals surface area contributed by atoms with Crippen LogP contribution in [0.4, 0.5) is 10.2 Å². The number of aromatic nitrogens is 3. The van der Waals surface area contributed by atoms with Crippen LogP contribution in [0.15, 0.2) is 24.5 Å². The van der Waals surface area contributed by atoms with Crippen molar-refractivity contribution >= 4 is 27.8 Å². The molecule has 3 heterocycles. The van der Waals surface area contributed by atoms with Crippen LogP contribution in [0, 0.1) is 5.82 Å². The maximum atomic E-state index is 13.5. The third-order valence-corrected chi connectivity index (χ3v) is 4.44. The van der Waals surface area contributed by atoms with E-state index in [1.165, 1.54) is 12.1 Å². The molecule has 1 aromatic carbocycles. The van der Waals surface area contributed by atoms with Gasteiger partial charge in [0.1, 0.15) is 23.2 Å². The van der Waals surface area contributed by atoms with Gasteiger partial charge in [-0.05, 0) is 24.7 Å². The lowest BCUT2D eigenvalue weighted by atomic mass is 10.2. The number of halogens is 1. The maximum Gasteiger partial charge on any atom is 0.156 e. The number of H-pyrrole nitrogens is 1. The highest BCUT2D eigenvalue weighted by Gasteiger charge is 2.20. The number of fused-ring (bicyclic) bond motifs is 3. The number of anilines is 1. The molecule has 1 saturated heterocycles. The van der Waals surface area contributed by atoms with Gasteiger partial charge < -0.3 is 14.8 Å². The zero-order valence-corrected chi connectivity index (χ0v) is 12.5. The Balaban J connectivity index is 1.80. The number of aromatic amines is 1. The summed E-state index contributed by atoms with van der Waals surface area (Å²) in [5.41, 5.74) is 2.58. The zero-order valence-electron chi connectivity index (χ0n) is 12.5. The van der Waals surface area contributed by atoms with Gasteiger partial charge in [-0.1, -0.05) is 6.92 Å². The molecule has 1 aliphatic heterocycles. The molecule has 0 atom stereocenters. The van der Waals surface area contributed by atoms with E-state index < -0.39 is 0 Å². The molecule has 0 unspecified atom stereocenters. The lowest BCUT2D eigenvalue weighted by Gasteiger charge is -2.34. The topological polar surface area (TPSA) is 48.1 Å². The smallest absolute Gasteiger partial charge is 0.156 e. The Morgan fingerprint density at radius 3 is 2.77 bits per heavy atom. The predicted molar refractivity (Wildman–Crippen MR) is 85.7 cm³/mol. The number of nitrogens with zero attached hydrogens (tertiary/aromatic N) is 4. The number of likely N-dealkylation sites (N-methyl/N-ethyl adjacent to an activating group) is 1. The minimum Gasteiger partial charge on any atom is -0.352 e. The second-order valence-electron chi connectivity index (χ2n) is 5.66. The number of benzene rings is 1. The van der Waals surface area contributed by atoms with E-state index in [1.54, 1.807) is 12.4 Å².